The Morgan fingerprint density at radius 2 is 2.17 bits per heavy atom. The van der Waals surface area contributed by atoms with Gasteiger partial charge in [0.15, 0.2) is 0 Å². The Balaban J connectivity index is 3.17. The molecule has 1 rings (SSSR count). The topological polar surface area (TPSA) is 83.4 Å². The summed E-state index contributed by atoms with van der Waals surface area (Å²) in [4.78, 5) is 10.5. The third kappa shape index (κ3) is 1.63. The number of hydrogen-bond donors (Lipinski definition) is 1. The molecule has 0 aliphatic carbocycles. The Morgan fingerprint density at radius 3 is 2.50 bits per heavy atom. The van der Waals surface area contributed by atoms with Crippen LogP contribution in [0.3, 0.4) is 0 Å². The van der Waals surface area contributed by atoms with Crippen molar-refractivity contribution in [2.45, 2.75) is 12.7 Å². The van der Waals surface area contributed by atoms with Gasteiger partial charge in [0.2, 0.25) is 0 Å². The number of carboxylic acids is 1. The van der Waals surface area contributed by atoms with E-state index >= 15 is 0 Å². The molecular weight excluding hydrogens is 180 g/mol. The molecule has 1 N–H and O–H groups in total. The Morgan fingerprint density at radius 1 is 1.58 bits per heavy atom. The zero-order valence-corrected chi connectivity index (χ0v) is 7.05. The van der Waals surface area contributed by atoms with E-state index < -0.39 is 11.8 Å². The third-order valence-corrected chi connectivity index (χ3v) is 2.13. The molecule has 0 unspecified atom stereocenters. The zero-order valence-electron chi connectivity index (χ0n) is 6.23. The summed E-state index contributed by atoms with van der Waals surface area (Å²) in [7, 11) is 0. The number of hydrogen-bond acceptors (Lipinski definition) is 4. The smallest absolute Gasteiger partial charge is 0.336 e. The fraction of sp³-hybridized carbons (Fsp3) is 0.286. The fourth-order valence-electron chi connectivity index (χ4n) is 0.814. The van der Waals surface area contributed by atoms with Crippen molar-refractivity contribution in [1.82, 2.24) is 0 Å². The summed E-state index contributed by atoms with van der Waals surface area (Å²) in [5.74, 6) is -3.81. The van der Waals surface area contributed by atoms with E-state index in [1.807, 2.05) is 0 Å². The standard InChI is InChI=1S/C7H6O4S/c1-7(10,11)5-3-12-2-4(5)6(8)9/h2-3H,1H3,(H,8,9)/q-2. The van der Waals surface area contributed by atoms with Crippen molar-refractivity contribution in [3.63, 3.8) is 0 Å². The van der Waals surface area contributed by atoms with Gasteiger partial charge in [-0.15, -0.1) is 0 Å². The lowest BCUT2D eigenvalue weighted by molar-refractivity contribution is -0.729. The van der Waals surface area contributed by atoms with E-state index in [1.54, 1.807) is 0 Å². The molecule has 1 aromatic heterocycles. The van der Waals surface area contributed by atoms with Gasteiger partial charge in [-0.2, -0.15) is 17.1 Å². The highest BCUT2D eigenvalue weighted by molar-refractivity contribution is 7.08. The average Bonchev–Trinajstić information content (AvgIpc) is 2.30. The first-order chi connectivity index (χ1) is 5.43. The van der Waals surface area contributed by atoms with Crippen LogP contribution in [0.25, 0.3) is 0 Å². The van der Waals surface area contributed by atoms with E-state index in [4.69, 9.17) is 5.11 Å². The molecule has 0 radical (unpaired) electrons. The lowest BCUT2D eigenvalue weighted by Gasteiger charge is -2.44. The van der Waals surface area contributed by atoms with Crippen molar-refractivity contribution >= 4 is 17.3 Å². The monoisotopic (exact) mass is 186 g/mol. The zero-order chi connectivity index (χ0) is 9.35. The minimum Gasteiger partial charge on any atom is -0.860 e. The largest absolute Gasteiger partial charge is 0.860 e. The van der Waals surface area contributed by atoms with Gasteiger partial charge >= 0.3 is 5.97 Å². The molecule has 66 valence electrons. The van der Waals surface area contributed by atoms with Crippen molar-refractivity contribution in [2.24, 2.45) is 0 Å². The molecule has 12 heavy (non-hydrogen) atoms. The molecule has 0 saturated heterocycles. The number of carboxylic acid groups (broad SMARTS) is 1. The second-order valence-electron chi connectivity index (χ2n) is 2.45. The lowest BCUT2D eigenvalue weighted by atomic mass is 10.1. The molecular formula is C7H6O4S-2. The summed E-state index contributed by atoms with van der Waals surface area (Å²) in [6, 6.07) is 0. The molecule has 0 fully saturated rings. The van der Waals surface area contributed by atoms with Crippen LogP contribution >= 0.6 is 11.3 Å². The first-order valence-corrected chi connectivity index (χ1v) is 4.08. The van der Waals surface area contributed by atoms with E-state index in [2.05, 4.69) is 0 Å². The molecule has 0 aliphatic rings. The van der Waals surface area contributed by atoms with E-state index in [0.717, 1.165) is 18.3 Å². The Labute approximate surface area is 72.7 Å². The maximum Gasteiger partial charge on any atom is 0.336 e. The van der Waals surface area contributed by atoms with Gasteiger partial charge in [0.05, 0.1) is 5.56 Å². The highest BCUT2D eigenvalue weighted by atomic mass is 32.1. The number of thiophene rings is 1. The van der Waals surface area contributed by atoms with E-state index in [-0.39, 0.29) is 11.1 Å². The summed E-state index contributed by atoms with van der Waals surface area (Å²) in [5.41, 5.74) is -0.382. The van der Waals surface area contributed by atoms with Crippen LogP contribution in [0.4, 0.5) is 0 Å². The second-order valence-corrected chi connectivity index (χ2v) is 3.19. The Hall–Kier alpha value is -0.910. The molecule has 0 spiro atoms. The van der Waals surface area contributed by atoms with Crippen LogP contribution in [0.5, 0.6) is 0 Å². The molecule has 5 heteroatoms. The predicted molar refractivity (Wildman–Crippen MR) is 38.6 cm³/mol. The summed E-state index contributed by atoms with van der Waals surface area (Å²) in [6.45, 7) is 0.904. The van der Waals surface area contributed by atoms with Crippen LogP contribution in [-0.4, -0.2) is 11.1 Å². The van der Waals surface area contributed by atoms with Gasteiger partial charge in [-0.1, -0.05) is 12.5 Å². The van der Waals surface area contributed by atoms with E-state index in [0.29, 0.717) is 0 Å². The quantitative estimate of drug-likeness (QED) is 0.621. The molecule has 0 atom stereocenters. The maximum atomic E-state index is 10.9. The van der Waals surface area contributed by atoms with Crippen molar-refractivity contribution in [2.75, 3.05) is 0 Å². The van der Waals surface area contributed by atoms with Crippen molar-refractivity contribution in [1.29, 1.82) is 0 Å². The minimum atomic E-state index is -2.58. The van der Waals surface area contributed by atoms with Gasteiger partial charge in [0, 0.05) is 5.38 Å². The van der Waals surface area contributed by atoms with Crippen LogP contribution in [0.2, 0.25) is 0 Å². The van der Waals surface area contributed by atoms with Gasteiger partial charge in [0.25, 0.3) is 0 Å². The molecule has 1 heterocycles. The van der Waals surface area contributed by atoms with Crippen LogP contribution in [-0.2, 0) is 5.79 Å². The molecule has 0 amide bonds. The van der Waals surface area contributed by atoms with Gasteiger partial charge in [0.1, 0.15) is 0 Å². The van der Waals surface area contributed by atoms with E-state index in [1.165, 1.54) is 10.8 Å². The highest BCUT2D eigenvalue weighted by Crippen LogP contribution is 2.21. The van der Waals surface area contributed by atoms with Gasteiger partial charge in [-0.05, 0) is 5.38 Å². The van der Waals surface area contributed by atoms with E-state index in [9.17, 15) is 15.0 Å². The summed E-state index contributed by atoms with van der Waals surface area (Å²) in [5, 5.41) is 32.9. The van der Waals surface area contributed by atoms with Gasteiger partial charge in [-0.3, -0.25) is 0 Å². The number of aromatic carboxylic acids is 1. The first-order valence-electron chi connectivity index (χ1n) is 3.13. The third-order valence-electron chi connectivity index (χ3n) is 1.38. The molecule has 0 aromatic carbocycles. The molecule has 0 bridgehead atoms. The summed E-state index contributed by atoms with van der Waals surface area (Å²) >= 11 is 1.04. The number of rotatable bonds is 2. The molecule has 0 saturated carbocycles. The van der Waals surface area contributed by atoms with Crippen molar-refractivity contribution in [3.05, 3.63) is 21.9 Å². The summed E-state index contributed by atoms with van der Waals surface area (Å²) < 4.78 is 0. The predicted octanol–water partition coefficient (Wildman–Crippen LogP) is -0.660. The minimum absolute atomic E-state index is 0.187. The lowest BCUT2D eigenvalue weighted by Crippen LogP contribution is -2.50. The maximum absolute atomic E-state index is 10.9. The van der Waals surface area contributed by atoms with Crippen molar-refractivity contribution in [3.8, 4) is 0 Å². The number of carbonyl (C=O) groups is 1. The summed E-state index contributed by atoms with van der Waals surface area (Å²) in [6.07, 6.45) is 0. The van der Waals surface area contributed by atoms with Crippen LogP contribution in [0, 0.1) is 0 Å². The van der Waals surface area contributed by atoms with Gasteiger partial charge < -0.3 is 15.3 Å². The van der Waals surface area contributed by atoms with Crippen LogP contribution in [0.1, 0.15) is 22.8 Å². The van der Waals surface area contributed by atoms with Crippen LogP contribution < -0.4 is 10.2 Å². The van der Waals surface area contributed by atoms with Crippen LogP contribution in [0.15, 0.2) is 10.8 Å². The highest BCUT2D eigenvalue weighted by Gasteiger charge is 2.12. The average molecular weight is 186 g/mol. The molecule has 0 aliphatic heterocycles. The molecule has 4 nitrogen and oxygen atoms in total. The normalized spacial score (nSPS) is 11.6. The van der Waals surface area contributed by atoms with Gasteiger partial charge in [-0.25, -0.2) is 4.79 Å². The Bertz CT molecular complexity index is 297. The SMILES string of the molecule is CC([O-])([O-])c1cscc1C(=O)O. The fourth-order valence-corrected chi connectivity index (χ4v) is 1.72. The Kier molecular flexibility index (Phi) is 2.18. The van der Waals surface area contributed by atoms with Crippen molar-refractivity contribution < 1.29 is 20.1 Å². The second kappa shape index (κ2) is 2.85. The first kappa shape index (κ1) is 9.18. The molecule has 1 aromatic rings.